The van der Waals surface area contributed by atoms with Crippen LogP contribution in [0, 0.1) is 0 Å². The number of ether oxygens (including phenoxy) is 1. The van der Waals surface area contributed by atoms with E-state index >= 15 is 0 Å². The lowest BCUT2D eigenvalue weighted by Crippen LogP contribution is -1.96. The highest BCUT2D eigenvalue weighted by Crippen LogP contribution is 2.31. The fraction of sp³-hybridized carbons (Fsp3) is 0.364. The number of hydrogen-bond acceptors (Lipinski definition) is 2. The molecule has 0 spiro atoms. The number of nitrogens with zero attached hydrogens (tertiary/aromatic N) is 2. The largest absolute Gasteiger partial charge is 0.490 e. The van der Waals surface area contributed by atoms with Gasteiger partial charge in [0.2, 0.25) is 0 Å². The number of rotatable bonds is 2. The van der Waals surface area contributed by atoms with Gasteiger partial charge in [0.05, 0.1) is 23.2 Å². The number of fused-ring (bicyclic) bond motifs is 1. The van der Waals surface area contributed by atoms with E-state index in [-0.39, 0.29) is 0 Å². The Hall–Kier alpha value is -1.51. The number of aromatic nitrogens is 2. The van der Waals surface area contributed by atoms with Gasteiger partial charge in [0.15, 0.2) is 0 Å². The van der Waals surface area contributed by atoms with E-state index in [1.165, 1.54) is 12.8 Å². The first-order valence-corrected chi connectivity index (χ1v) is 4.92. The molecule has 1 aliphatic rings. The maximum atomic E-state index is 5.80. The summed E-state index contributed by atoms with van der Waals surface area (Å²) in [5.74, 6) is 0.970. The van der Waals surface area contributed by atoms with Crippen molar-refractivity contribution in [1.29, 1.82) is 0 Å². The zero-order valence-corrected chi connectivity index (χ0v) is 8.10. The third-order valence-corrected chi connectivity index (χ3v) is 2.57. The maximum absolute atomic E-state index is 5.80. The zero-order valence-electron chi connectivity index (χ0n) is 8.10. The molecule has 2 aromatic rings. The Bertz CT molecular complexity index is 471. The summed E-state index contributed by atoms with van der Waals surface area (Å²) < 4.78 is 7.67. The van der Waals surface area contributed by atoms with Gasteiger partial charge in [-0.1, -0.05) is 6.07 Å². The van der Waals surface area contributed by atoms with Crippen LogP contribution in [0.25, 0.3) is 10.9 Å². The highest BCUT2D eigenvalue weighted by atomic mass is 16.5. The third-order valence-electron chi connectivity index (χ3n) is 2.57. The van der Waals surface area contributed by atoms with Crippen molar-refractivity contribution in [3.8, 4) is 5.75 Å². The van der Waals surface area contributed by atoms with Crippen LogP contribution in [0.1, 0.15) is 12.8 Å². The number of hydrogen-bond donors (Lipinski definition) is 0. The molecular weight excluding hydrogens is 176 g/mol. The minimum atomic E-state index is 0.445. The first-order valence-electron chi connectivity index (χ1n) is 4.92. The Morgan fingerprint density at radius 1 is 1.43 bits per heavy atom. The van der Waals surface area contributed by atoms with E-state index in [1.54, 1.807) is 0 Å². The Morgan fingerprint density at radius 2 is 2.29 bits per heavy atom. The van der Waals surface area contributed by atoms with Crippen LogP contribution in [0.15, 0.2) is 24.4 Å². The van der Waals surface area contributed by atoms with Crippen LogP contribution in [-0.4, -0.2) is 15.9 Å². The Morgan fingerprint density at radius 3 is 3.07 bits per heavy atom. The first-order chi connectivity index (χ1) is 6.84. The van der Waals surface area contributed by atoms with E-state index < -0.39 is 0 Å². The van der Waals surface area contributed by atoms with E-state index in [2.05, 4.69) is 11.2 Å². The second-order valence-corrected chi connectivity index (χ2v) is 3.77. The smallest absolute Gasteiger partial charge is 0.130 e. The van der Waals surface area contributed by atoms with Crippen LogP contribution in [0.3, 0.4) is 0 Å². The van der Waals surface area contributed by atoms with Gasteiger partial charge >= 0.3 is 0 Å². The average molecular weight is 188 g/mol. The van der Waals surface area contributed by atoms with E-state index in [4.69, 9.17) is 4.74 Å². The van der Waals surface area contributed by atoms with Crippen LogP contribution < -0.4 is 4.74 Å². The predicted molar refractivity (Wildman–Crippen MR) is 54.4 cm³/mol. The van der Waals surface area contributed by atoms with Crippen LogP contribution in [0.2, 0.25) is 0 Å². The van der Waals surface area contributed by atoms with Gasteiger partial charge in [-0.25, -0.2) is 0 Å². The Kier molecular flexibility index (Phi) is 1.54. The van der Waals surface area contributed by atoms with Crippen LogP contribution in [0.5, 0.6) is 5.75 Å². The zero-order chi connectivity index (χ0) is 9.54. The molecule has 1 saturated carbocycles. The van der Waals surface area contributed by atoms with Crippen molar-refractivity contribution in [3.63, 3.8) is 0 Å². The van der Waals surface area contributed by atoms with Crippen molar-refractivity contribution >= 4 is 10.9 Å². The fourth-order valence-electron chi connectivity index (χ4n) is 1.62. The molecular formula is C11H12N2O. The molecule has 72 valence electrons. The molecule has 0 saturated heterocycles. The lowest BCUT2D eigenvalue weighted by Gasteiger charge is -2.04. The maximum Gasteiger partial charge on any atom is 0.130 e. The van der Waals surface area contributed by atoms with Gasteiger partial charge in [0.1, 0.15) is 5.75 Å². The first kappa shape index (κ1) is 7.85. The second kappa shape index (κ2) is 2.74. The van der Waals surface area contributed by atoms with E-state index in [0.29, 0.717) is 6.10 Å². The van der Waals surface area contributed by atoms with Gasteiger partial charge in [0.25, 0.3) is 0 Å². The fourth-order valence-corrected chi connectivity index (χ4v) is 1.62. The van der Waals surface area contributed by atoms with Gasteiger partial charge in [-0.05, 0) is 25.0 Å². The molecule has 3 heteroatoms. The van der Waals surface area contributed by atoms with Crippen molar-refractivity contribution in [3.05, 3.63) is 24.4 Å². The summed E-state index contributed by atoms with van der Waals surface area (Å²) >= 11 is 0. The summed E-state index contributed by atoms with van der Waals surface area (Å²) in [5, 5.41) is 5.33. The van der Waals surface area contributed by atoms with Crippen LogP contribution >= 0.6 is 0 Å². The molecule has 3 rings (SSSR count). The highest BCUT2D eigenvalue weighted by molar-refractivity contribution is 5.85. The number of benzene rings is 1. The van der Waals surface area contributed by atoms with Gasteiger partial charge in [-0.2, -0.15) is 5.10 Å². The quantitative estimate of drug-likeness (QED) is 0.721. The van der Waals surface area contributed by atoms with E-state index in [0.717, 1.165) is 16.7 Å². The highest BCUT2D eigenvalue weighted by Gasteiger charge is 2.24. The molecule has 1 aromatic heterocycles. The van der Waals surface area contributed by atoms with Crippen molar-refractivity contribution in [2.24, 2.45) is 7.05 Å². The molecule has 0 atom stereocenters. The molecule has 0 amide bonds. The lowest BCUT2D eigenvalue weighted by molar-refractivity contribution is 0.307. The van der Waals surface area contributed by atoms with Gasteiger partial charge in [-0.15, -0.1) is 0 Å². The summed E-state index contributed by atoms with van der Waals surface area (Å²) in [6.45, 7) is 0. The summed E-state index contributed by atoms with van der Waals surface area (Å²) in [5.41, 5.74) is 1.13. The molecule has 0 unspecified atom stereocenters. The standard InChI is InChI=1S/C11H12N2O/c1-13-10-3-2-4-11(9(10)7-12-13)14-8-5-6-8/h2-4,7-8H,5-6H2,1H3. The third kappa shape index (κ3) is 1.16. The Labute approximate surface area is 82.3 Å². The van der Waals surface area contributed by atoms with Crippen molar-refractivity contribution < 1.29 is 4.74 Å². The predicted octanol–water partition coefficient (Wildman–Crippen LogP) is 2.11. The van der Waals surface area contributed by atoms with Gasteiger partial charge in [-0.3, -0.25) is 4.68 Å². The molecule has 0 aliphatic heterocycles. The van der Waals surface area contributed by atoms with E-state index in [9.17, 15) is 0 Å². The summed E-state index contributed by atoms with van der Waals surface area (Å²) in [6, 6.07) is 6.09. The summed E-state index contributed by atoms with van der Waals surface area (Å²) in [4.78, 5) is 0. The second-order valence-electron chi connectivity index (χ2n) is 3.77. The molecule has 1 heterocycles. The molecule has 1 aromatic carbocycles. The molecule has 14 heavy (non-hydrogen) atoms. The molecule has 0 bridgehead atoms. The molecule has 0 N–H and O–H groups in total. The van der Waals surface area contributed by atoms with E-state index in [1.807, 2.05) is 30.1 Å². The van der Waals surface area contributed by atoms with Crippen LogP contribution in [0.4, 0.5) is 0 Å². The normalized spacial score (nSPS) is 16.1. The molecule has 1 aliphatic carbocycles. The molecule has 3 nitrogen and oxygen atoms in total. The van der Waals surface area contributed by atoms with Crippen molar-refractivity contribution in [1.82, 2.24) is 9.78 Å². The SMILES string of the molecule is Cn1ncc2c(OC3CC3)cccc21. The monoisotopic (exact) mass is 188 g/mol. The van der Waals surface area contributed by atoms with Crippen molar-refractivity contribution in [2.45, 2.75) is 18.9 Å². The topological polar surface area (TPSA) is 27.1 Å². The number of aryl methyl sites for hydroxylation is 1. The van der Waals surface area contributed by atoms with Gasteiger partial charge < -0.3 is 4.74 Å². The minimum absolute atomic E-state index is 0.445. The molecule has 1 fully saturated rings. The molecule has 0 radical (unpaired) electrons. The summed E-state index contributed by atoms with van der Waals surface area (Å²) in [7, 11) is 1.95. The van der Waals surface area contributed by atoms with Crippen molar-refractivity contribution in [2.75, 3.05) is 0 Å². The lowest BCUT2D eigenvalue weighted by atomic mass is 10.2. The average Bonchev–Trinajstić information content (AvgIpc) is 2.92. The minimum Gasteiger partial charge on any atom is -0.490 e. The van der Waals surface area contributed by atoms with Gasteiger partial charge in [0, 0.05) is 7.05 Å². The van der Waals surface area contributed by atoms with Crippen LogP contribution in [-0.2, 0) is 7.05 Å². The Balaban J connectivity index is 2.12. The summed E-state index contributed by atoms with van der Waals surface area (Å²) in [6.07, 6.45) is 4.70.